The molecule has 0 atom stereocenters. The van der Waals surface area contributed by atoms with E-state index in [2.05, 4.69) is 13.0 Å². The first-order valence-corrected chi connectivity index (χ1v) is 7.73. The van der Waals surface area contributed by atoms with Crippen molar-refractivity contribution in [2.24, 2.45) is 5.92 Å². The topological polar surface area (TPSA) is 17.1 Å². The van der Waals surface area contributed by atoms with E-state index in [4.69, 9.17) is 0 Å². The Morgan fingerprint density at radius 1 is 1.24 bits per heavy atom. The number of rotatable bonds is 4. The summed E-state index contributed by atoms with van der Waals surface area (Å²) < 4.78 is 0. The predicted molar refractivity (Wildman–Crippen MR) is 73.8 cm³/mol. The van der Waals surface area contributed by atoms with Gasteiger partial charge in [-0.2, -0.15) is 0 Å². The van der Waals surface area contributed by atoms with Crippen LogP contribution in [0.4, 0.5) is 0 Å². The van der Waals surface area contributed by atoms with Crippen LogP contribution in [0, 0.1) is 5.92 Å². The lowest BCUT2D eigenvalue weighted by molar-refractivity contribution is 0.0961. The largest absolute Gasteiger partial charge is 0.293 e. The van der Waals surface area contributed by atoms with Crippen molar-refractivity contribution in [1.82, 2.24) is 0 Å². The summed E-state index contributed by atoms with van der Waals surface area (Å²) in [5.41, 5.74) is 0. The van der Waals surface area contributed by atoms with Crippen molar-refractivity contribution in [3.8, 4) is 0 Å². The van der Waals surface area contributed by atoms with Crippen LogP contribution in [-0.4, -0.2) is 5.78 Å². The van der Waals surface area contributed by atoms with Crippen LogP contribution in [0.5, 0.6) is 0 Å². The van der Waals surface area contributed by atoms with Crippen LogP contribution in [0.3, 0.4) is 0 Å². The van der Waals surface area contributed by atoms with Crippen molar-refractivity contribution < 1.29 is 4.79 Å². The first-order valence-electron chi connectivity index (χ1n) is 6.91. The standard InChI is InChI=1S/C15H22OS/c1-2-13-9-10-15(17-13)14(16)11-12-7-5-3-4-6-8-12/h9-10,12H,2-8,11H2,1H3. The van der Waals surface area contributed by atoms with Crippen molar-refractivity contribution in [3.05, 3.63) is 21.9 Å². The Morgan fingerprint density at radius 3 is 2.53 bits per heavy atom. The molecule has 0 bridgehead atoms. The first-order chi connectivity index (χ1) is 8.29. The summed E-state index contributed by atoms with van der Waals surface area (Å²) in [5.74, 6) is 1.03. The first kappa shape index (κ1) is 12.8. The van der Waals surface area contributed by atoms with Gasteiger partial charge in [0, 0.05) is 11.3 Å². The zero-order valence-electron chi connectivity index (χ0n) is 10.7. The smallest absolute Gasteiger partial charge is 0.173 e. The maximum atomic E-state index is 12.2. The van der Waals surface area contributed by atoms with Gasteiger partial charge in [-0.1, -0.05) is 45.4 Å². The summed E-state index contributed by atoms with van der Waals surface area (Å²) in [7, 11) is 0. The van der Waals surface area contributed by atoms with Gasteiger partial charge in [-0.15, -0.1) is 11.3 Å². The fourth-order valence-corrected chi connectivity index (χ4v) is 3.54. The van der Waals surface area contributed by atoms with Crippen LogP contribution >= 0.6 is 11.3 Å². The summed E-state index contributed by atoms with van der Waals surface area (Å²) >= 11 is 1.69. The van der Waals surface area contributed by atoms with E-state index in [-0.39, 0.29) is 0 Å². The Bertz CT molecular complexity index is 359. The van der Waals surface area contributed by atoms with E-state index in [1.54, 1.807) is 11.3 Å². The highest BCUT2D eigenvalue weighted by Crippen LogP contribution is 2.28. The highest BCUT2D eigenvalue weighted by atomic mass is 32.1. The lowest BCUT2D eigenvalue weighted by Crippen LogP contribution is -2.07. The Kier molecular flexibility index (Phi) is 4.78. The molecule has 0 amide bonds. The van der Waals surface area contributed by atoms with E-state index in [1.165, 1.54) is 43.4 Å². The van der Waals surface area contributed by atoms with Gasteiger partial charge in [0.05, 0.1) is 4.88 Å². The molecule has 2 heteroatoms. The van der Waals surface area contributed by atoms with Crippen LogP contribution < -0.4 is 0 Å². The third-order valence-corrected chi connectivity index (χ3v) is 5.00. The van der Waals surface area contributed by atoms with Crippen molar-refractivity contribution in [2.45, 2.75) is 58.3 Å². The zero-order valence-corrected chi connectivity index (χ0v) is 11.5. The van der Waals surface area contributed by atoms with Gasteiger partial charge in [-0.25, -0.2) is 0 Å². The number of carbonyl (C=O) groups excluding carboxylic acids is 1. The SMILES string of the molecule is CCc1ccc(C(=O)CC2CCCCCC2)s1. The van der Waals surface area contributed by atoms with Gasteiger partial charge in [-0.3, -0.25) is 4.79 Å². The molecule has 0 radical (unpaired) electrons. The molecule has 2 rings (SSSR count). The van der Waals surface area contributed by atoms with Crippen molar-refractivity contribution >= 4 is 17.1 Å². The molecule has 1 aromatic heterocycles. The predicted octanol–water partition coefficient (Wildman–Crippen LogP) is 4.85. The molecule has 1 fully saturated rings. The Hall–Kier alpha value is -0.630. The van der Waals surface area contributed by atoms with Gasteiger partial charge < -0.3 is 0 Å². The summed E-state index contributed by atoms with van der Waals surface area (Å²) in [6.45, 7) is 2.14. The van der Waals surface area contributed by atoms with E-state index in [9.17, 15) is 4.79 Å². The highest BCUT2D eigenvalue weighted by molar-refractivity contribution is 7.14. The molecule has 0 N–H and O–H groups in total. The van der Waals surface area contributed by atoms with Crippen LogP contribution in [0.2, 0.25) is 0 Å². The van der Waals surface area contributed by atoms with Gasteiger partial charge in [0.1, 0.15) is 0 Å². The second-order valence-corrected chi connectivity index (χ2v) is 6.27. The van der Waals surface area contributed by atoms with Gasteiger partial charge in [-0.05, 0) is 24.5 Å². The molecule has 0 spiro atoms. The van der Waals surface area contributed by atoms with Gasteiger partial charge in [0.2, 0.25) is 0 Å². The molecule has 0 saturated heterocycles. The summed E-state index contributed by atoms with van der Waals surface area (Å²) in [6.07, 6.45) is 9.72. The van der Waals surface area contributed by atoms with Crippen LogP contribution in [0.25, 0.3) is 0 Å². The molecule has 1 aliphatic rings. The highest BCUT2D eigenvalue weighted by Gasteiger charge is 2.18. The van der Waals surface area contributed by atoms with Crippen LogP contribution in [-0.2, 0) is 6.42 Å². The monoisotopic (exact) mass is 250 g/mol. The van der Waals surface area contributed by atoms with E-state index in [1.807, 2.05) is 6.07 Å². The number of aryl methyl sites for hydroxylation is 1. The third-order valence-electron chi connectivity index (χ3n) is 3.73. The number of ketones is 1. The molecular formula is C15H22OS. The Morgan fingerprint density at radius 2 is 1.94 bits per heavy atom. The zero-order chi connectivity index (χ0) is 12.1. The van der Waals surface area contributed by atoms with Crippen molar-refractivity contribution in [2.75, 3.05) is 0 Å². The fourth-order valence-electron chi connectivity index (χ4n) is 2.65. The van der Waals surface area contributed by atoms with Crippen molar-refractivity contribution in [1.29, 1.82) is 0 Å². The third kappa shape index (κ3) is 3.67. The van der Waals surface area contributed by atoms with E-state index in [0.29, 0.717) is 11.7 Å². The molecule has 1 nitrogen and oxygen atoms in total. The lowest BCUT2D eigenvalue weighted by atomic mass is 9.94. The second-order valence-electron chi connectivity index (χ2n) is 5.10. The van der Waals surface area contributed by atoms with E-state index < -0.39 is 0 Å². The minimum Gasteiger partial charge on any atom is -0.293 e. The molecule has 1 heterocycles. The fraction of sp³-hybridized carbons (Fsp3) is 0.667. The van der Waals surface area contributed by atoms with Crippen LogP contribution in [0.15, 0.2) is 12.1 Å². The number of Topliss-reactive ketones (excluding diaryl/α,β-unsaturated/α-hetero) is 1. The molecule has 0 unspecified atom stereocenters. The lowest BCUT2D eigenvalue weighted by Gasteiger charge is -2.11. The number of hydrogen-bond acceptors (Lipinski definition) is 2. The summed E-state index contributed by atoms with van der Waals surface area (Å²) in [6, 6.07) is 4.12. The number of carbonyl (C=O) groups is 1. The van der Waals surface area contributed by atoms with Crippen molar-refractivity contribution in [3.63, 3.8) is 0 Å². The second kappa shape index (κ2) is 6.34. The van der Waals surface area contributed by atoms with E-state index >= 15 is 0 Å². The molecule has 0 aliphatic heterocycles. The quantitative estimate of drug-likeness (QED) is 0.551. The molecular weight excluding hydrogens is 228 g/mol. The van der Waals surface area contributed by atoms with Gasteiger partial charge in [0.15, 0.2) is 5.78 Å². The molecule has 1 saturated carbocycles. The molecule has 17 heavy (non-hydrogen) atoms. The Balaban J connectivity index is 1.91. The van der Waals surface area contributed by atoms with Crippen LogP contribution in [0.1, 0.15) is 66.4 Å². The van der Waals surface area contributed by atoms with E-state index in [0.717, 1.165) is 17.7 Å². The minimum absolute atomic E-state index is 0.376. The Labute approximate surface area is 108 Å². The molecule has 1 aromatic rings. The summed E-state index contributed by atoms with van der Waals surface area (Å²) in [4.78, 5) is 14.5. The number of hydrogen-bond donors (Lipinski definition) is 0. The maximum absolute atomic E-state index is 12.2. The molecule has 0 aromatic carbocycles. The van der Waals surface area contributed by atoms with Gasteiger partial charge in [0.25, 0.3) is 0 Å². The minimum atomic E-state index is 0.376. The average molecular weight is 250 g/mol. The number of thiophene rings is 1. The molecule has 1 aliphatic carbocycles. The maximum Gasteiger partial charge on any atom is 0.173 e. The molecule has 94 valence electrons. The summed E-state index contributed by atoms with van der Waals surface area (Å²) in [5, 5.41) is 0. The average Bonchev–Trinajstić information content (AvgIpc) is 2.68. The normalized spacial score (nSPS) is 17.9. The van der Waals surface area contributed by atoms with Gasteiger partial charge >= 0.3 is 0 Å².